The van der Waals surface area contributed by atoms with Gasteiger partial charge in [0, 0.05) is 36.7 Å². The third-order valence-corrected chi connectivity index (χ3v) is 4.95. The van der Waals surface area contributed by atoms with E-state index in [4.69, 9.17) is 4.74 Å². The molecule has 0 spiro atoms. The predicted molar refractivity (Wildman–Crippen MR) is 90.3 cm³/mol. The van der Waals surface area contributed by atoms with Gasteiger partial charge in [-0.1, -0.05) is 0 Å². The zero-order chi connectivity index (χ0) is 16.5. The third kappa shape index (κ3) is 3.43. The minimum absolute atomic E-state index is 0.0166. The van der Waals surface area contributed by atoms with Gasteiger partial charge in [-0.05, 0) is 59.0 Å². The molecule has 1 heterocycles. The summed E-state index contributed by atoms with van der Waals surface area (Å²) in [6, 6.07) is 7.39. The molecule has 0 radical (unpaired) electrons. The van der Waals surface area contributed by atoms with E-state index in [-0.39, 0.29) is 23.2 Å². The van der Waals surface area contributed by atoms with Crippen LogP contribution in [-0.4, -0.2) is 42.1 Å². The van der Waals surface area contributed by atoms with E-state index in [1.54, 1.807) is 12.1 Å². The molecule has 122 valence electrons. The molecule has 1 saturated heterocycles. The Balaban J connectivity index is 2.08. The molecule has 0 amide bonds. The van der Waals surface area contributed by atoms with Crippen LogP contribution in [0.3, 0.4) is 0 Å². The number of nitrogens with one attached hydrogen (secondary N) is 1. The number of esters is 1. The first kappa shape index (κ1) is 16.8. The van der Waals surface area contributed by atoms with Gasteiger partial charge in [-0.2, -0.15) is 0 Å². The first-order valence-corrected chi connectivity index (χ1v) is 7.88. The van der Waals surface area contributed by atoms with Gasteiger partial charge in [0.1, 0.15) is 6.10 Å². The predicted octanol–water partition coefficient (Wildman–Crippen LogP) is 3.54. The Morgan fingerprint density at radius 3 is 2.09 bits per heavy atom. The molecule has 1 aromatic rings. The van der Waals surface area contributed by atoms with Gasteiger partial charge in [-0.25, -0.2) is 4.79 Å². The Morgan fingerprint density at radius 2 is 1.64 bits per heavy atom. The summed E-state index contributed by atoms with van der Waals surface area (Å²) in [5, 5.41) is 3.04. The number of piperidine rings is 1. The number of anilines is 1. The van der Waals surface area contributed by atoms with Crippen LogP contribution in [-0.2, 0) is 4.74 Å². The normalized spacial score (nSPS) is 21.4. The van der Waals surface area contributed by atoms with Crippen LogP contribution >= 0.6 is 0 Å². The first-order chi connectivity index (χ1) is 10.2. The van der Waals surface area contributed by atoms with Crippen LogP contribution in [0, 0.1) is 0 Å². The van der Waals surface area contributed by atoms with E-state index < -0.39 is 0 Å². The van der Waals surface area contributed by atoms with Gasteiger partial charge in [0.15, 0.2) is 0 Å². The molecule has 22 heavy (non-hydrogen) atoms. The summed E-state index contributed by atoms with van der Waals surface area (Å²) < 4.78 is 5.78. The summed E-state index contributed by atoms with van der Waals surface area (Å²) in [5.41, 5.74) is 1.62. The number of likely N-dealkylation sites (tertiary alicyclic amines) is 1. The van der Waals surface area contributed by atoms with Crippen LogP contribution < -0.4 is 5.32 Å². The van der Waals surface area contributed by atoms with E-state index in [1.807, 2.05) is 19.2 Å². The highest BCUT2D eigenvalue weighted by Crippen LogP contribution is 2.38. The standard InChI is InChI=1S/C18H28N2O2/c1-17(2)11-15(12-18(3,4)20(17)6)22-16(21)13-7-9-14(19-5)10-8-13/h7-10,15,19H,11-12H2,1-6H3. The fraction of sp³-hybridized carbons (Fsp3) is 0.611. The van der Waals surface area contributed by atoms with E-state index >= 15 is 0 Å². The van der Waals surface area contributed by atoms with Crippen LogP contribution in [0.2, 0.25) is 0 Å². The third-order valence-electron chi connectivity index (χ3n) is 4.95. The van der Waals surface area contributed by atoms with Crippen LogP contribution in [0.1, 0.15) is 50.9 Å². The van der Waals surface area contributed by atoms with Crippen molar-refractivity contribution in [1.82, 2.24) is 4.90 Å². The van der Waals surface area contributed by atoms with E-state index in [0.717, 1.165) is 18.5 Å². The fourth-order valence-corrected chi connectivity index (χ4v) is 3.36. The monoisotopic (exact) mass is 304 g/mol. The fourth-order valence-electron chi connectivity index (χ4n) is 3.36. The first-order valence-electron chi connectivity index (χ1n) is 7.88. The van der Waals surface area contributed by atoms with Crippen molar-refractivity contribution < 1.29 is 9.53 Å². The van der Waals surface area contributed by atoms with Gasteiger partial charge >= 0.3 is 5.97 Å². The molecule has 1 aliphatic rings. The topological polar surface area (TPSA) is 41.6 Å². The van der Waals surface area contributed by atoms with Gasteiger partial charge in [0.25, 0.3) is 0 Å². The van der Waals surface area contributed by atoms with Crippen molar-refractivity contribution in [2.45, 2.75) is 57.7 Å². The molecule has 1 N–H and O–H groups in total. The highest BCUT2D eigenvalue weighted by Gasteiger charge is 2.44. The maximum Gasteiger partial charge on any atom is 0.338 e. The van der Waals surface area contributed by atoms with E-state index in [0.29, 0.717) is 5.56 Å². The second-order valence-corrected chi connectivity index (χ2v) is 7.45. The van der Waals surface area contributed by atoms with Crippen LogP contribution in [0.15, 0.2) is 24.3 Å². The molecule has 0 unspecified atom stereocenters. The highest BCUT2D eigenvalue weighted by atomic mass is 16.5. The highest BCUT2D eigenvalue weighted by molar-refractivity contribution is 5.89. The maximum atomic E-state index is 12.4. The van der Waals surface area contributed by atoms with E-state index in [9.17, 15) is 4.79 Å². The lowest BCUT2D eigenvalue weighted by Gasteiger charge is -2.53. The van der Waals surface area contributed by atoms with Crippen LogP contribution in [0.25, 0.3) is 0 Å². The summed E-state index contributed by atoms with van der Waals surface area (Å²) in [5.74, 6) is -0.233. The van der Waals surface area contributed by atoms with Gasteiger partial charge in [0.05, 0.1) is 5.56 Å². The Morgan fingerprint density at radius 1 is 1.14 bits per heavy atom. The molecule has 0 atom stereocenters. The molecule has 4 nitrogen and oxygen atoms in total. The van der Waals surface area contributed by atoms with Crippen molar-refractivity contribution in [2.75, 3.05) is 19.4 Å². The summed E-state index contributed by atoms with van der Waals surface area (Å²) >= 11 is 0. The molecule has 4 heteroatoms. The molecular formula is C18H28N2O2. The van der Waals surface area contributed by atoms with Crippen molar-refractivity contribution in [3.05, 3.63) is 29.8 Å². The summed E-state index contributed by atoms with van der Waals surface area (Å²) in [4.78, 5) is 14.7. The number of hydrogen-bond acceptors (Lipinski definition) is 4. The van der Waals surface area contributed by atoms with Crippen molar-refractivity contribution in [3.8, 4) is 0 Å². The second-order valence-electron chi connectivity index (χ2n) is 7.45. The number of rotatable bonds is 3. The Hall–Kier alpha value is -1.55. The largest absolute Gasteiger partial charge is 0.459 e. The lowest BCUT2D eigenvalue weighted by Crippen LogP contribution is -2.60. The van der Waals surface area contributed by atoms with E-state index in [1.165, 1.54) is 0 Å². The number of carbonyl (C=O) groups excluding carboxylic acids is 1. The maximum absolute atomic E-state index is 12.4. The van der Waals surface area contributed by atoms with Crippen molar-refractivity contribution in [3.63, 3.8) is 0 Å². The lowest BCUT2D eigenvalue weighted by molar-refractivity contribution is -0.0732. The molecule has 1 aliphatic heterocycles. The average Bonchev–Trinajstić information content (AvgIpc) is 2.44. The number of carbonyl (C=O) groups is 1. The van der Waals surface area contributed by atoms with E-state index in [2.05, 4.69) is 45.0 Å². The molecule has 1 aromatic carbocycles. The Bertz CT molecular complexity index is 517. The lowest BCUT2D eigenvalue weighted by atomic mass is 9.79. The SMILES string of the molecule is CNc1ccc(C(=O)OC2CC(C)(C)N(C)C(C)(C)C2)cc1. The molecule has 2 rings (SSSR count). The molecule has 0 aliphatic carbocycles. The minimum atomic E-state index is -0.233. The summed E-state index contributed by atoms with van der Waals surface area (Å²) in [7, 11) is 4.00. The Labute approximate surface area is 133 Å². The quantitative estimate of drug-likeness (QED) is 0.867. The molecule has 0 saturated carbocycles. The van der Waals surface area contributed by atoms with Crippen molar-refractivity contribution in [2.24, 2.45) is 0 Å². The van der Waals surface area contributed by atoms with Gasteiger partial charge in [0.2, 0.25) is 0 Å². The second kappa shape index (κ2) is 5.92. The average molecular weight is 304 g/mol. The summed E-state index contributed by atoms with van der Waals surface area (Å²) in [6.45, 7) is 8.82. The van der Waals surface area contributed by atoms with Gasteiger partial charge in [-0.3, -0.25) is 4.90 Å². The molecular weight excluding hydrogens is 276 g/mol. The Kier molecular flexibility index (Phi) is 4.52. The zero-order valence-electron chi connectivity index (χ0n) is 14.6. The number of nitrogens with zero attached hydrogens (tertiary/aromatic N) is 1. The number of benzene rings is 1. The molecule has 1 fully saturated rings. The van der Waals surface area contributed by atoms with Crippen LogP contribution in [0.4, 0.5) is 5.69 Å². The summed E-state index contributed by atoms with van der Waals surface area (Å²) in [6.07, 6.45) is 1.67. The van der Waals surface area contributed by atoms with Crippen molar-refractivity contribution >= 4 is 11.7 Å². The zero-order valence-corrected chi connectivity index (χ0v) is 14.6. The number of hydrogen-bond donors (Lipinski definition) is 1. The van der Waals surface area contributed by atoms with Crippen LogP contribution in [0.5, 0.6) is 0 Å². The van der Waals surface area contributed by atoms with Gasteiger partial charge in [-0.15, -0.1) is 0 Å². The number of ether oxygens (including phenoxy) is 1. The molecule has 0 bridgehead atoms. The van der Waals surface area contributed by atoms with Crippen molar-refractivity contribution in [1.29, 1.82) is 0 Å². The molecule has 0 aromatic heterocycles. The van der Waals surface area contributed by atoms with Gasteiger partial charge < -0.3 is 10.1 Å². The smallest absolute Gasteiger partial charge is 0.338 e. The minimum Gasteiger partial charge on any atom is -0.459 e.